The highest BCUT2D eigenvalue weighted by Crippen LogP contribution is 2.52. The molecular formula is C18H37Cl. The van der Waals surface area contributed by atoms with Crippen LogP contribution in [-0.2, 0) is 0 Å². The fraction of sp³-hybridized carbons (Fsp3) is 1.00. The average Bonchev–Trinajstić information content (AvgIpc) is 2.24. The second kappa shape index (κ2) is 7.91. The Morgan fingerprint density at radius 1 is 0.632 bits per heavy atom. The van der Waals surface area contributed by atoms with Crippen molar-refractivity contribution in [2.45, 2.75) is 105 Å². The van der Waals surface area contributed by atoms with Crippen LogP contribution in [0.4, 0.5) is 0 Å². The molecule has 0 N–H and O–H groups in total. The van der Waals surface area contributed by atoms with Crippen LogP contribution in [0.2, 0.25) is 0 Å². The van der Waals surface area contributed by atoms with Crippen molar-refractivity contribution >= 4 is 11.6 Å². The first-order valence-corrected chi connectivity index (χ1v) is 8.63. The van der Waals surface area contributed by atoms with Crippen molar-refractivity contribution < 1.29 is 0 Å². The molecule has 0 spiro atoms. The molecule has 0 saturated heterocycles. The molecule has 0 aliphatic heterocycles. The maximum Gasteiger partial charge on any atom is 0.0543 e. The maximum atomic E-state index is 7.05. The molecule has 0 aromatic rings. The quantitative estimate of drug-likeness (QED) is 0.327. The number of hydrogen-bond acceptors (Lipinski definition) is 0. The molecule has 0 radical (unpaired) electrons. The molecule has 0 fully saturated rings. The second-order valence-corrected chi connectivity index (χ2v) is 8.82. The zero-order chi connectivity index (χ0) is 15.2. The fourth-order valence-corrected chi connectivity index (χ4v) is 3.33. The Morgan fingerprint density at radius 3 is 1.37 bits per heavy atom. The standard InChI is InChI=1S/C18H37Cl/c1-8-9-10-11-12-13-14-15-18(19,16(2,3)4)17(5,6)7/h8-15H2,1-7H3. The molecule has 0 saturated carbocycles. The number of rotatable bonds is 8. The third-order valence-corrected chi connectivity index (χ3v) is 5.83. The first-order valence-electron chi connectivity index (χ1n) is 8.25. The first kappa shape index (κ1) is 19.3. The molecule has 0 aromatic heterocycles. The van der Waals surface area contributed by atoms with Gasteiger partial charge >= 0.3 is 0 Å². The van der Waals surface area contributed by atoms with Gasteiger partial charge in [0.2, 0.25) is 0 Å². The lowest BCUT2D eigenvalue weighted by Crippen LogP contribution is -2.48. The van der Waals surface area contributed by atoms with Crippen LogP contribution in [0.25, 0.3) is 0 Å². The van der Waals surface area contributed by atoms with E-state index < -0.39 is 0 Å². The molecule has 0 unspecified atom stereocenters. The van der Waals surface area contributed by atoms with Gasteiger partial charge in [-0.1, -0.05) is 93.4 Å². The van der Waals surface area contributed by atoms with Crippen molar-refractivity contribution in [2.75, 3.05) is 0 Å². The van der Waals surface area contributed by atoms with E-state index in [0.29, 0.717) is 0 Å². The molecule has 0 aliphatic rings. The summed E-state index contributed by atoms with van der Waals surface area (Å²) in [6.07, 6.45) is 10.6. The highest BCUT2D eigenvalue weighted by atomic mass is 35.5. The summed E-state index contributed by atoms with van der Waals surface area (Å²) in [7, 11) is 0. The van der Waals surface area contributed by atoms with Crippen LogP contribution in [0.15, 0.2) is 0 Å². The van der Waals surface area contributed by atoms with Crippen molar-refractivity contribution in [2.24, 2.45) is 10.8 Å². The topological polar surface area (TPSA) is 0 Å². The minimum atomic E-state index is -0.108. The van der Waals surface area contributed by atoms with E-state index >= 15 is 0 Å². The van der Waals surface area contributed by atoms with Crippen LogP contribution in [-0.4, -0.2) is 4.87 Å². The van der Waals surface area contributed by atoms with Crippen LogP contribution < -0.4 is 0 Å². The van der Waals surface area contributed by atoms with Crippen molar-refractivity contribution in [3.63, 3.8) is 0 Å². The van der Waals surface area contributed by atoms with Crippen LogP contribution >= 0.6 is 11.6 Å². The summed E-state index contributed by atoms with van der Waals surface area (Å²) < 4.78 is 0. The summed E-state index contributed by atoms with van der Waals surface area (Å²) in [4.78, 5) is -0.108. The van der Waals surface area contributed by atoms with Crippen LogP contribution in [0.5, 0.6) is 0 Å². The molecule has 0 amide bonds. The van der Waals surface area contributed by atoms with Gasteiger partial charge in [0.1, 0.15) is 0 Å². The van der Waals surface area contributed by atoms with E-state index in [1.165, 1.54) is 44.9 Å². The molecule has 1 heteroatoms. The summed E-state index contributed by atoms with van der Waals surface area (Å²) in [5.74, 6) is 0. The van der Waals surface area contributed by atoms with Crippen molar-refractivity contribution in [1.29, 1.82) is 0 Å². The first-order chi connectivity index (χ1) is 8.56. The summed E-state index contributed by atoms with van der Waals surface area (Å²) in [5.41, 5.74) is 0.296. The smallest absolute Gasteiger partial charge is 0.0543 e. The molecule has 0 aliphatic carbocycles. The number of alkyl halides is 1. The second-order valence-electron chi connectivity index (χ2n) is 8.17. The predicted octanol–water partition coefficient (Wildman–Crippen LogP) is 7.20. The largest absolute Gasteiger partial charge is 0.118 e. The molecule has 0 heterocycles. The van der Waals surface area contributed by atoms with Gasteiger partial charge in [0.25, 0.3) is 0 Å². The number of unbranched alkanes of at least 4 members (excludes halogenated alkanes) is 6. The minimum absolute atomic E-state index is 0.108. The Kier molecular flexibility index (Phi) is 8.03. The summed E-state index contributed by atoms with van der Waals surface area (Å²) >= 11 is 7.05. The van der Waals surface area contributed by atoms with E-state index in [4.69, 9.17) is 11.6 Å². The van der Waals surface area contributed by atoms with Gasteiger partial charge in [-0.05, 0) is 17.3 Å². The fourth-order valence-electron chi connectivity index (χ4n) is 3.20. The third kappa shape index (κ3) is 6.06. The van der Waals surface area contributed by atoms with Gasteiger partial charge in [-0.2, -0.15) is 0 Å². The average molecular weight is 289 g/mol. The Bertz CT molecular complexity index is 215. The summed E-state index contributed by atoms with van der Waals surface area (Å²) in [6.45, 7) is 16.0. The molecule has 0 rings (SSSR count). The van der Waals surface area contributed by atoms with E-state index in [-0.39, 0.29) is 15.7 Å². The van der Waals surface area contributed by atoms with Crippen LogP contribution in [0, 0.1) is 10.8 Å². The van der Waals surface area contributed by atoms with Gasteiger partial charge in [0, 0.05) is 0 Å². The number of hydrogen-bond donors (Lipinski definition) is 0. The Hall–Kier alpha value is 0.290. The van der Waals surface area contributed by atoms with E-state index in [2.05, 4.69) is 48.5 Å². The van der Waals surface area contributed by atoms with Crippen molar-refractivity contribution in [3.8, 4) is 0 Å². The van der Waals surface area contributed by atoms with Gasteiger partial charge in [0.15, 0.2) is 0 Å². The van der Waals surface area contributed by atoms with E-state index in [1.54, 1.807) is 0 Å². The highest BCUT2D eigenvalue weighted by molar-refractivity contribution is 6.25. The number of halogens is 1. The van der Waals surface area contributed by atoms with Crippen molar-refractivity contribution in [1.82, 2.24) is 0 Å². The predicted molar refractivity (Wildman–Crippen MR) is 90.1 cm³/mol. The molecule has 0 bridgehead atoms. The monoisotopic (exact) mass is 288 g/mol. The van der Waals surface area contributed by atoms with Crippen molar-refractivity contribution in [3.05, 3.63) is 0 Å². The summed E-state index contributed by atoms with van der Waals surface area (Å²) in [5, 5.41) is 0. The SMILES string of the molecule is CCCCCCCCCC(Cl)(C(C)(C)C)C(C)(C)C. The van der Waals surface area contributed by atoms with Gasteiger partial charge in [-0.15, -0.1) is 11.6 Å². The van der Waals surface area contributed by atoms with Gasteiger partial charge in [-0.3, -0.25) is 0 Å². The van der Waals surface area contributed by atoms with E-state index in [1.807, 2.05) is 0 Å². The maximum absolute atomic E-state index is 7.05. The van der Waals surface area contributed by atoms with Crippen LogP contribution in [0.1, 0.15) is 99.8 Å². The van der Waals surface area contributed by atoms with Gasteiger partial charge in [0.05, 0.1) is 4.87 Å². The molecule has 0 nitrogen and oxygen atoms in total. The highest BCUT2D eigenvalue weighted by Gasteiger charge is 2.48. The molecule has 19 heavy (non-hydrogen) atoms. The Morgan fingerprint density at radius 2 is 1.00 bits per heavy atom. The Labute approximate surface area is 127 Å². The van der Waals surface area contributed by atoms with Gasteiger partial charge in [-0.25, -0.2) is 0 Å². The van der Waals surface area contributed by atoms with Gasteiger partial charge < -0.3 is 0 Å². The Balaban J connectivity index is 4.18. The third-order valence-electron chi connectivity index (χ3n) is 4.50. The van der Waals surface area contributed by atoms with E-state index in [0.717, 1.165) is 6.42 Å². The molecule has 116 valence electrons. The minimum Gasteiger partial charge on any atom is -0.118 e. The van der Waals surface area contributed by atoms with Crippen LogP contribution in [0.3, 0.4) is 0 Å². The van der Waals surface area contributed by atoms with E-state index in [9.17, 15) is 0 Å². The zero-order valence-corrected chi connectivity index (χ0v) is 15.3. The molecule has 0 aromatic carbocycles. The molecular weight excluding hydrogens is 252 g/mol. The molecule has 0 atom stereocenters. The lowest BCUT2D eigenvalue weighted by atomic mass is 9.64. The lowest BCUT2D eigenvalue weighted by molar-refractivity contribution is 0.121. The zero-order valence-electron chi connectivity index (χ0n) is 14.5. The lowest BCUT2D eigenvalue weighted by Gasteiger charge is -2.49. The summed E-state index contributed by atoms with van der Waals surface area (Å²) in [6, 6.07) is 0. The normalized spacial score (nSPS) is 13.9.